The van der Waals surface area contributed by atoms with Gasteiger partial charge in [-0.25, -0.2) is 0 Å². The van der Waals surface area contributed by atoms with Gasteiger partial charge in [-0.15, -0.1) is 0 Å². The van der Waals surface area contributed by atoms with Crippen LogP contribution in [-0.2, 0) is 6.54 Å². The highest BCUT2D eigenvalue weighted by Gasteiger charge is 2.38. The first-order chi connectivity index (χ1) is 8.28. The summed E-state index contributed by atoms with van der Waals surface area (Å²) in [5.41, 5.74) is 0.0732. The van der Waals surface area contributed by atoms with Crippen LogP contribution in [0.5, 0.6) is 5.75 Å². The molecule has 1 N–H and O–H groups in total. The minimum Gasteiger partial charge on any atom is -0.484 e. The van der Waals surface area contributed by atoms with E-state index in [1.54, 1.807) is 0 Å². The summed E-state index contributed by atoms with van der Waals surface area (Å²) in [4.78, 5) is 0. The van der Waals surface area contributed by atoms with Crippen molar-refractivity contribution < 1.29 is 4.74 Å². The fraction of sp³-hybridized carbons (Fsp3) is 0.769. The van der Waals surface area contributed by atoms with Gasteiger partial charge in [0.05, 0.1) is 12.4 Å². The molecule has 1 aromatic heterocycles. The van der Waals surface area contributed by atoms with Crippen molar-refractivity contribution in [1.29, 1.82) is 0 Å². The van der Waals surface area contributed by atoms with Crippen LogP contribution in [0.15, 0.2) is 12.4 Å². The van der Waals surface area contributed by atoms with E-state index in [-0.39, 0.29) is 5.60 Å². The highest BCUT2D eigenvalue weighted by molar-refractivity contribution is 5.14. The summed E-state index contributed by atoms with van der Waals surface area (Å²) in [6.07, 6.45) is 8.56. The molecule has 1 aromatic rings. The van der Waals surface area contributed by atoms with E-state index < -0.39 is 0 Å². The third-order valence-corrected chi connectivity index (χ3v) is 3.54. The van der Waals surface area contributed by atoms with Gasteiger partial charge in [0.25, 0.3) is 0 Å². The standard InChI is InChI=1S/C13H23N3O/c1-3-14-9-8-13(6-5-7-13)17-12-10-15-16(4-2)11-12/h10-11,14H,3-9H2,1-2H3. The molecule has 0 radical (unpaired) electrons. The molecule has 0 atom stereocenters. The van der Waals surface area contributed by atoms with Crippen molar-refractivity contribution in [3.05, 3.63) is 12.4 Å². The molecule has 96 valence electrons. The second-order valence-electron chi connectivity index (χ2n) is 4.77. The predicted octanol–water partition coefficient (Wildman–Crippen LogP) is 2.20. The second kappa shape index (κ2) is 5.54. The van der Waals surface area contributed by atoms with Gasteiger partial charge in [-0.1, -0.05) is 6.92 Å². The molecule has 0 aromatic carbocycles. The summed E-state index contributed by atoms with van der Waals surface area (Å²) >= 11 is 0. The molecular formula is C13H23N3O. The third-order valence-electron chi connectivity index (χ3n) is 3.54. The van der Waals surface area contributed by atoms with Crippen LogP contribution < -0.4 is 10.1 Å². The highest BCUT2D eigenvalue weighted by atomic mass is 16.5. The smallest absolute Gasteiger partial charge is 0.158 e. The average Bonchev–Trinajstić information content (AvgIpc) is 2.73. The van der Waals surface area contributed by atoms with Gasteiger partial charge in [0.2, 0.25) is 0 Å². The third kappa shape index (κ3) is 3.00. The van der Waals surface area contributed by atoms with Crippen LogP contribution in [0.25, 0.3) is 0 Å². The maximum atomic E-state index is 6.14. The minimum atomic E-state index is 0.0732. The van der Waals surface area contributed by atoms with Gasteiger partial charge < -0.3 is 10.1 Å². The number of hydrogen-bond donors (Lipinski definition) is 1. The SMILES string of the molecule is CCNCCC1(Oc2cnn(CC)c2)CCC1. The van der Waals surface area contributed by atoms with Crippen LogP contribution in [0.1, 0.15) is 39.5 Å². The van der Waals surface area contributed by atoms with Gasteiger partial charge in [-0.2, -0.15) is 5.10 Å². The molecule has 0 saturated heterocycles. The predicted molar refractivity (Wildman–Crippen MR) is 68.3 cm³/mol. The molecule has 0 aliphatic heterocycles. The van der Waals surface area contributed by atoms with Crippen LogP contribution >= 0.6 is 0 Å². The lowest BCUT2D eigenvalue weighted by Gasteiger charge is -2.41. The van der Waals surface area contributed by atoms with E-state index in [0.29, 0.717) is 0 Å². The molecule has 1 heterocycles. The number of rotatable bonds is 7. The Kier molecular flexibility index (Phi) is 4.05. The second-order valence-corrected chi connectivity index (χ2v) is 4.77. The van der Waals surface area contributed by atoms with E-state index >= 15 is 0 Å². The van der Waals surface area contributed by atoms with Crippen molar-refractivity contribution in [1.82, 2.24) is 15.1 Å². The number of aryl methyl sites for hydroxylation is 1. The lowest BCUT2D eigenvalue weighted by Crippen LogP contribution is -2.45. The van der Waals surface area contributed by atoms with E-state index in [1.807, 2.05) is 17.1 Å². The molecule has 4 nitrogen and oxygen atoms in total. The fourth-order valence-electron chi connectivity index (χ4n) is 2.29. The molecule has 0 unspecified atom stereocenters. The topological polar surface area (TPSA) is 39.1 Å². The Bertz CT molecular complexity index is 344. The fourth-order valence-corrected chi connectivity index (χ4v) is 2.29. The Morgan fingerprint density at radius 2 is 2.29 bits per heavy atom. The van der Waals surface area contributed by atoms with E-state index in [2.05, 4.69) is 24.3 Å². The maximum Gasteiger partial charge on any atom is 0.158 e. The summed E-state index contributed by atoms with van der Waals surface area (Å²) in [6, 6.07) is 0. The van der Waals surface area contributed by atoms with Crippen molar-refractivity contribution in [3.63, 3.8) is 0 Å². The van der Waals surface area contributed by atoms with Crippen LogP contribution in [0, 0.1) is 0 Å². The lowest BCUT2D eigenvalue weighted by atomic mass is 9.77. The molecule has 17 heavy (non-hydrogen) atoms. The first kappa shape index (κ1) is 12.4. The zero-order valence-electron chi connectivity index (χ0n) is 10.9. The van der Waals surface area contributed by atoms with E-state index in [0.717, 1.165) is 31.8 Å². The number of ether oxygens (including phenoxy) is 1. The minimum absolute atomic E-state index is 0.0732. The molecular weight excluding hydrogens is 214 g/mol. The summed E-state index contributed by atoms with van der Waals surface area (Å²) in [6.45, 7) is 7.19. The molecule has 0 amide bonds. The molecule has 4 heteroatoms. The van der Waals surface area contributed by atoms with E-state index in [1.165, 1.54) is 19.3 Å². The van der Waals surface area contributed by atoms with Crippen molar-refractivity contribution in [2.24, 2.45) is 0 Å². The molecule has 1 saturated carbocycles. The molecule has 1 aliphatic rings. The largest absolute Gasteiger partial charge is 0.484 e. The lowest BCUT2D eigenvalue weighted by molar-refractivity contribution is -0.0142. The van der Waals surface area contributed by atoms with E-state index in [9.17, 15) is 0 Å². The molecule has 0 spiro atoms. The summed E-state index contributed by atoms with van der Waals surface area (Å²) in [5.74, 6) is 0.919. The van der Waals surface area contributed by atoms with Crippen LogP contribution in [0.4, 0.5) is 0 Å². The molecule has 1 aliphatic carbocycles. The zero-order valence-corrected chi connectivity index (χ0v) is 10.9. The Morgan fingerprint density at radius 3 is 2.82 bits per heavy atom. The Balaban J connectivity index is 1.89. The summed E-state index contributed by atoms with van der Waals surface area (Å²) < 4.78 is 8.05. The Labute approximate surface area is 103 Å². The van der Waals surface area contributed by atoms with Gasteiger partial charge in [-0.3, -0.25) is 4.68 Å². The Hall–Kier alpha value is -1.03. The highest BCUT2D eigenvalue weighted by Crippen LogP contribution is 2.39. The van der Waals surface area contributed by atoms with Gasteiger partial charge in [0.15, 0.2) is 5.75 Å². The monoisotopic (exact) mass is 237 g/mol. The molecule has 2 rings (SSSR count). The van der Waals surface area contributed by atoms with Gasteiger partial charge in [0, 0.05) is 6.54 Å². The van der Waals surface area contributed by atoms with E-state index in [4.69, 9.17) is 4.74 Å². The normalized spacial score (nSPS) is 17.8. The molecule has 0 bridgehead atoms. The average molecular weight is 237 g/mol. The number of nitrogens with one attached hydrogen (secondary N) is 1. The maximum absolute atomic E-state index is 6.14. The van der Waals surface area contributed by atoms with Crippen LogP contribution in [-0.4, -0.2) is 28.5 Å². The number of aromatic nitrogens is 2. The number of hydrogen-bond acceptors (Lipinski definition) is 3. The van der Waals surface area contributed by atoms with Gasteiger partial charge in [0.1, 0.15) is 5.60 Å². The van der Waals surface area contributed by atoms with Crippen molar-refractivity contribution in [3.8, 4) is 5.75 Å². The summed E-state index contributed by atoms with van der Waals surface area (Å²) in [7, 11) is 0. The van der Waals surface area contributed by atoms with Crippen molar-refractivity contribution in [2.75, 3.05) is 13.1 Å². The van der Waals surface area contributed by atoms with Gasteiger partial charge in [-0.05, 0) is 45.7 Å². The quantitative estimate of drug-likeness (QED) is 0.739. The zero-order chi connectivity index (χ0) is 12.1. The van der Waals surface area contributed by atoms with Gasteiger partial charge >= 0.3 is 0 Å². The first-order valence-electron chi connectivity index (χ1n) is 6.70. The van der Waals surface area contributed by atoms with Crippen LogP contribution in [0.3, 0.4) is 0 Å². The summed E-state index contributed by atoms with van der Waals surface area (Å²) in [5, 5.41) is 7.62. The van der Waals surface area contributed by atoms with Crippen molar-refractivity contribution >= 4 is 0 Å². The van der Waals surface area contributed by atoms with Crippen molar-refractivity contribution in [2.45, 2.75) is 51.7 Å². The Morgan fingerprint density at radius 1 is 1.47 bits per heavy atom. The molecule has 1 fully saturated rings. The first-order valence-corrected chi connectivity index (χ1v) is 6.70. The number of nitrogens with zero attached hydrogens (tertiary/aromatic N) is 2. The van der Waals surface area contributed by atoms with Crippen LogP contribution in [0.2, 0.25) is 0 Å².